The molecule has 3 N–H and O–H groups in total. The van der Waals surface area contributed by atoms with Crippen molar-refractivity contribution in [1.29, 1.82) is 0 Å². The van der Waals surface area contributed by atoms with Crippen LogP contribution >= 0.6 is 0 Å². The molecule has 1 aliphatic heterocycles. The van der Waals surface area contributed by atoms with Gasteiger partial charge < -0.3 is 10.5 Å². The average Bonchev–Trinajstić information content (AvgIpc) is 3.08. The number of nitrogens with zero attached hydrogens (tertiary/aromatic N) is 2. The number of hydrogen-bond acceptors (Lipinski definition) is 6. The fourth-order valence-electron chi connectivity index (χ4n) is 2.25. The summed E-state index contributed by atoms with van der Waals surface area (Å²) in [5.74, 6) is -1.51. The van der Waals surface area contributed by atoms with Crippen molar-refractivity contribution >= 4 is 21.9 Å². The number of aromatic nitrogens is 2. The number of ether oxygens (including phenoxy) is 1. The first-order valence-corrected chi connectivity index (χ1v) is 7.85. The van der Waals surface area contributed by atoms with Crippen LogP contribution in [0.2, 0.25) is 0 Å². The summed E-state index contributed by atoms with van der Waals surface area (Å²) in [5, 5.41) is 5.49. The lowest BCUT2D eigenvalue weighted by atomic mass is 10.2. The number of carbonyl (C=O) groups excluding carboxylic acids is 2. The molecule has 0 saturated carbocycles. The lowest BCUT2D eigenvalue weighted by Gasteiger charge is -2.21. The Bertz CT molecular complexity index is 653. The molecule has 1 saturated heterocycles. The lowest BCUT2D eigenvalue weighted by Crippen LogP contribution is -2.44. The van der Waals surface area contributed by atoms with E-state index in [9.17, 15) is 18.0 Å². The van der Waals surface area contributed by atoms with E-state index in [0.717, 1.165) is 10.5 Å². The van der Waals surface area contributed by atoms with E-state index in [1.54, 1.807) is 6.92 Å². The van der Waals surface area contributed by atoms with Crippen LogP contribution in [-0.4, -0.2) is 54.0 Å². The molecule has 0 radical (unpaired) electrons. The third-order valence-corrected chi connectivity index (χ3v) is 5.08. The Kier molecular flexibility index (Phi) is 4.28. The zero-order chi connectivity index (χ0) is 15.6. The minimum absolute atomic E-state index is 0.108. The fraction of sp³-hybridized carbons (Fsp3) is 0.545. The van der Waals surface area contributed by atoms with E-state index < -0.39 is 27.9 Å². The Morgan fingerprint density at radius 2 is 2.29 bits per heavy atom. The van der Waals surface area contributed by atoms with Crippen LogP contribution in [0.1, 0.15) is 30.1 Å². The van der Waals surface area contributed by atoms with Crippen LogP contribution in [0.15, 0.2) is 11.2 Å². The maximum Gasteiger partial charge on any atom is 0.342 e. The molecule has 1 fully saturated rings. The smallest absolute Gasteiger partial charge is 0.342 e. The number of sulfonamides is 1. The highest BCUT2D eigenvalue weighted by Gasteiger charge is 2.41. The number of primary amides is 1. The van der Waals surface area contributed by atoms with E-state index in [1.807, 2.05) is 0 Å². The van der Waals surface area contributed by atoms with E-state index in [2.05, 4.69) is 10.2 Å². The number of carbonyl (C=O) groups is 2. The van der Waals surface area contributed by atoms with Crippen molar-refractivity contribution in [3.63, 3.8) is 0 Å². The van der Waals surface area contributed by atoms with Crippen LogP contribution in [0.4, 0.5) is 0 Å². The molecule has 1 aromatic rings. The van der Waals surface area contributed by atoms with Gasteiger partial charge in [0.1, 0.15) is 11.6 Å². The molecule has 21 heavy (non-hydrogen) atoms. The largest absolute Gasteiger partial charge is 0.462 e. The topological polar surface area (TPSA) is 135 Å². The van der Waals surface area contributed by atoms with E-state index in [-0.39, 0.29) is 23.7 Å². The standard InChI is InChI=1S/C11H16N4O5S/c1-2-20-11(17)7-6-13-14-10(7)21(18,19)15-5-3-4-8(15)9(12)16/h6,8H,2-5H2,1H3,(H2,12,16)(H,13,14). The minimum Gasteiger partial charge on any atom is -0.462 e. The zero-order valence-corrected chi connectivity index (χ0v) is 12.2. The van der Waals surface area contributed by atoms with Crippen LogP contribution in [0.25, 0.3) is 0 Å². The molecule has 1 amide bonds. The van der Waals surface area contributed by atoms with Gasteiger partial charge in [0.05, 0.1) is 12.8 Å². The molecule has 1 aliphatic rings. The van der Waals surface area contributed by atoms with Crippen molar-refractivity contribution in [3.8, 4) is 0 Å². The van der Waals surface area contributed by atoms with E-state index in [1.165, 1.54) is 0 Å². The summed E-state index contributed by atoms with van der Waals surface area (Å²) in [6.45, 7) is 1.88. The summed E-state index contributed by atoms with van der Waals surface area (Å²) in [6.07, 6.45) is 1.97. The number of rotatable bonds is 5. The monoisotopic (exact) mass is 316 g/mol. The van der Waals surface area contributed by atoms with Crippen molar-refractivity contribution in [2.75, 3.05) is 13.2 Å². The molecule has 1 atom stereocenters. The maximum atomic E-state index is 12.6. The molecule has 0 bridgehead atoms. The summed E-state index contributed by atoms with van der Waals surface area (Å²) in [7, 11) is -4.07. The van der Waals surface area contributed by atoms with Crippen molar-refractivity contribution in [2.45, 2.75) is 30.8 Å². The number of esters is 1. The van der Waals surface area contributed by atoms with Gasteiger partial charge in [0.15, 0.2) is 5.03 Å². The summed E-state index contributed by atoms with van der Waals surface area (Å²) in [5.41, 5.74) is 5.03. The predicted octanol–water partition coefficient (Wildman–Crippen LogP) is -0.775. The molecule has 116 valence electrons. The zero-order valence-electron chi connectivity index (χ0n) is 11.4. The van der Waals surface area contributed by atoms with Gasteiger partial charge in [-0.05, 0) is 19.8 Å². The van der Waals surface area contributed by atoms with Crippen molar-refractivity contribution in [2.24, 2.45) is 5.73 Å². The maximum absolute atomic E-state index is 12.6. The molecule has 0 aliphatic carbocycles. The molecule has 1 aromatic heterocycles. The van der Waals surface area contributed by atoms with E-state index >= 15 is 0 Å². The number of nitrogens with one attached hydrogen (secondary N) is 1. The molecule has 0 aromatic carbocycles. The minimum atomic E-state index is -4.07. The van der Waals surface area contributed by atoms with Gasteiger partial charge in [-0.3, -0.25) is 9.89 Å². The molecule has 1 unspecified atom stereocenters. The van der Waals surface area contributed by atoms with Gasteiger partial charge in [0.25, 0.3) is 10.0 Å². The quantitative estimate of drug-likeness (QED) is 0.684. The Labute approximate surface area is 121 Å². The Morgan fingerprint density at radius 3 is 2.90 bits per heavy atom. The first-order chi connectivity index (χ1) is 9.89. The SMILES string of the molecule is CCOC(=O)c1cn[nH]c1S(=O)(=O)N1CCCC1C(N)=O. The third-order valence-electron chi connectivity index (χ3n) is 3.20. The van der Waals surface area contributed by atoms with Gasteiger partial charge in [-0.1, -0.05) is 0 Å². The fourth-order valence-corrected chi connectivity index (χ4v) is 3.98. The van der Waals surface area contributed by atoms with Crippen molar-refractivity contribution in [1.82, 2.24) is 14.5 Å². The van der Waals surface area contributed by atoms with Gasteiger partial charge in [-0.25, -0.2) is 13.2 Å². The second kappa shape index (κ2) is 5.82. The first kappa shape index (κ1) is 15.4. The van der Waals surface area contributed by atoms with Gasteiger partial charge in [0, 0.05) is 6.54 Å². The number of aromatic amines is 1. The molecule has 2 rings (SSSR count). The van der Waals surface area contributed by atoms with Gasteiger partial charge in [-0.2, -0.15) is 9.40 Å². The Balaban J connectivity index is 2.39. The number of hydrogen-bond donors (Lipinski definition) is 2. The molecule has 2 heterocycles. The molecule has 9 nitrogen and oxygen atoms in total. The van der Waals surface area contributed by atoms with E-state index in [0.29, 0.717) is 12.8 Å². The highest BCUT2D eigenvalue weighted by molar-refractivity contribution is 7.89. The summed E-state index contributed by atoms with van der Waals surface area (Å²) in [6, 6.07) is -0.909. The second-order valence-corrected chi connectivity index (χ2v) is 6.34. The van der Waals surface area contributed by atoms with E-state index in [4.69, 9.17) is 10.5 Å². The summed E-state index contributed by atoms with van der Waals surface area (Å²) < 4.78 is 30.9. The summed E-state index contributed by atoms with van der Waals surface area (Å²) >= 11 is 0. The molecule has 0 spiro atoms. The van der Waals surface area contributed by atoms with Gasteiger partial charge in [-0.15, -0.1) is 0 Å². The second-order valence-electron chi connectivity index (χ2n) is 4.51. The van der Waals surface area contributed by atoms with Crippen LogP contribution < -0.4 is 5.73 Å². The highest BCUT2D eigenvalue weighted by atomic mass is 32.2. The van der Waals surface area contributed by atoms with Crippen LogP contribution in [0.5, 0.6) is 0 Å². The highest BCUT2D eigenvalue weighted by Crippen LogP contribution is 2.26. The van der Waals surface area contributed by atoms with Gasteiger partial charge in [0.2, 0.25) is 5.91 Å². The third kappa shape index (κ3) is 2.76. The van der Waals surface area contributed by atoms with Crippen LogP contribution in [0.3, 0.4) is 0 Å². The average molecular weight is 316 g/mol. The number of amides is 1. The number of H-pyrrole nitrogens is 1. The Hall–Kier alpha value is -1.94. The van der Waals surface area contributed by atoms with Crippen molar-refractivity contribution < 1.29 is 22.7 Å². The van der Waals surface area contributed by atoms with Crippen LogP contribution in [0, 0.1) is 0 Å². The molecule has 10 heteroatoms. The Morgan fingerprint density at radius 1 is 1.57 bits per heavy atom. The lowest BCUT2D eigenvalue weighted by molar-refractivity contribution is -0.121. The summed E-state index contributed by atoms with van der Waals surface area (Å²) in [4.78, 5) is 23.1. The van der Waals surface area contributed by atoms with Crippen molar-refractivity contribution in [3.05, 3.63) is 11.8 Å². The normalized spacial score (nSPS) is 19.6. The first-order valence-electron chi connectivity index (χ1n) is 6.41. The van der Waals surface area contributed by atoms with Gasteiger partial charge >= 0.3 is 5.97 Å². The molecular weight excluding hydrogens is 300 g/mol. The van der Waals surface area contributed by atoms with Crippen LogP contribution in [-0.2, 0) is 19.6 Å². The molecular formula is C11H16N4O5S. The number of nitrogens with two attached hydrogens (primary N) is 1. The predicted molar refractivity (Wildman–Crippen MR) is 70.7 cm³/mol.